The summed E-state index contributed by atoms with van der Waals surface area (Å²) < 4.78 is 5.58. The Balaban J connectivity index is 1.48. The van der Waals surface area contributed by atoms with Gasteiger partial charge in [0, 0.05) is 6.61 Å². The zero-order valence-corrected chi connectivity index (χ0v) is 15.7. The van der Waals surface area contributed by atoms with Crippen LogP contribution in [-0.4, -0.2) is 23.9 Å². The summed E-state index contributed by atoms with van der Waals surface area (Å²) in [6, 6.07) is 0. The fourth-order valence-corrected chi connectivity index (χ4v) is 7.29. The molecule has 0 saturated heterocycles. The van der Waals surface area contributed by atoms with Crippen LogP contribution in [0.15, 0.2) is 12.2 Å². The lowest BCUT2D eigenvalue weighted by atomic mass is 9.49. The largest absolute Gasteiger partial charge is 0.387 e. The van der Waals surface area contributed by atoms with Crippen LogP contribution in [0.5, 0.6) is 0 Å². The fourth-order valence-electron chi connectivity index (χ4n) is 7.29. The van der Waals surface area contributed by atoms with E-state index in [4.69, 9.17) is 4.74 Å². The van der Waals surface area contributed by atoms with Crippen molar-refractivity contribution in [1.29, 1.82) is 0 Å². The Morgan fingerprint density at radius 2 is 1.88 bits per heavy atom. The van der Waals surface area contributed by atoms with Gasteiger partial charge in [0.25, 0.3) is 0 Å². The zero-order chi connectivity index (χ0) is 16.9. The Morgan fingerprint density at radius 1 is 1.08 bits per heavy atom. The van der Waals surface area contributed by atoms with Crippen molar-refractivity contribution in [1.82, 2.24) is 0 Å². The summed E-state index contributed by atoms with van der Waals surface area (Å²) >= 11 is 0. The van der Waals surface area contributed by atoms with E-state index >= 15 is 0 Å². The lowest BCUT2D eigenvalue weighted by molar-refractivity contribution is -0.123. The van der Waals surface area contributed by atoms with Crippen LogP contribution in [0.1, 0.15) is 71.6 Å². The highest BCUT2D eigenvalue weighted by Crippen LogP contribution is 2.64. The van der Waals surface area contributed by atoms with Gasteiger partial charge in [0.2, 0.25) is 0 Å². The molecule has 0 amide bonds. The smallest absolute Gasteiger partial charge is 0.0883 e. The van der Waals surface area contributed by atoms with Gasteiger partial charge in [-0.25, -0.2) is 0 Å². The molecule has 24 heavy (non-hydrogen) atoms. The first-order valence-electron chi connectivity index (χ1n) is 10.5. The number of hydrogen-bond donors (Lipinski definition) is 1. The maximum Gasteiger partial charge on any atom is 0.0883 e. The molecule has 4 aliphatic rings. The van der Waals surface area contributed by atoms with Gasteiger partial charge in [-0.1, -0.05) is 19.1 Å². The van der Waals surface area contributed by atoms with E-state index in [-0.39, 0.29) is 0 Å². The topological polar surface area (TPSA) is 29.5 Å². The second-order valence-corrected chi connectivity index (χ2v) is 9.64. The normalized spacial score (nSPS) is 51.0. The minimum absolute atomic E-state index is 0.443. The van der Waals surface area contributed by atoms with Crippen LogP contribution in [0.2, 0.25) is 0 Å². The van der Waals surface area contributed by atoms with Gasteiger partial charge in [0.05, 0.1) is 12.2 Å². The van der Waals surface area contributed by atoms with Crippen molar-refractivity contribution in [3.8, 4) is 0 Å². The molecule has 7 atom stereocenters. The molecular weight excluding hydrogens is 296 g/mol. The van der Waals surface area contributed by atoms with Gasteiger partial charge >= 0.3 is 0 Å². The molecule has 4 aliphatic carbocycles. The molecule has 0 aliphatic heterocycles. The van der Waals surface area contributed by atoms with E-state index in [0.29, 0.717) is 18.6 Å². The van der Waals surface area contributed by atoms with Crippen LogP contribution in [0.3, 0.4) is 0 Å². The van der Waals surface area contributed by atoms with Gasteiger partial charge in [-0.3, -0.25) is 0 Å². The van der Waals surface area contributed by atoms with E-state index in [9.17, 15) is 5.11 Å². The minimum Gasteiger partial charge on any atom is -0.387 e. The van der Waals surface area contributed by atoms with Crippen LogP contribution in [0, 0.1) is 35.0 Å². The zero-order valence-electron chi connectivity index (χ0n) is 15.7. The molecule has 2 nitrogen and oxygen atoms in total. The highest BCUT2D eigenvalue weighted by atomic mass is 16.5. The van der Waals surface area contributed by atoms with Crippen molar-refractivity contribution in [3.63, 3.8) is 0 Å². The number of fused-ring (bicyclic) bond motifs is 5. The maximum absolute atomic E-state index is 10.9. The lowest BCUT2D eigenvalue weighted by Gasteiger charge is -2.56. The average Bonchev–Trinajstić information content (AvgIpc) is 2.88. The predicted octanol–water partition coefficient (Wildman–Crippen LogP) is 4.96. The first kappa shape index (κ1) is 17.1. The van der Waals surface area contributed by atoms with Gasteiger partial charge in [-0.2, -0.15) is 0 Å². The monoisotopic (exact) mass is 332 g/mol. The minimum atomic E-state index is -0.547. The molecule has 0 aromatic heterocycles. The fraction of sp³-hybridized carbons (Fsp3) is 0.909. The van der Waals surface area contributed by atoms with E-state index in [1.165, 1.54) is 44.9 Å². The molecule has 1 N–H and O–H groups in total. The van der Waals surface area contributed by atoms with Crippen LogP contribution in [0.25, 0.3) is 0 Å². The quantitative estimate of drug-likeness (QED) is 0.740. The third-order valence-electron chi connectivity index (χ3n) is 8.63. The summed E-state index contributed by atoms with van der Waals surface area (Å²) in [5.74, 6) is 4.35. The average molecular weight is 333 g/mol. The van der Waals surface area contributed by atoms with Crippen LogP contribution >= 0.6 is 0 Å². The Bertz CT molecular complexity index is 500. The van der Waals surface area contributed by atoms with Crippen LogP contribution in [-0.2, 0) is 4.74 Å². The predicted molar refractivity (Wildman–Crippen MR) is 97.7 cm³/mol. The molecule has 0 heterocycles. The second kappa shape index (κ2) is 6.13. The molecule has 2 heteroatoms. The first-order chi connectivity index (χ1) is 11.5. The van der Waals surface area contributed by atoms with Gasteiger partial charge in [-0.05, 0) is 99.7 Å². The molecule has 0 aromatic carbocycles. The number of rotatable bonds is 3. The Hall–Kier alpha value is -0.340. The molecule has 0 aromatic rings. The number of allylic oxidation sites excluding steroid dienone is 1. The Morgan fingerprint density at radius 3 is 2.67 bits per heavy atom. The van der Waals surface area contributed by atoms with Gasteiger partial charge in [0.1, 0.15) is 0 Å². The molecule has 4 fully saturated rings. The van der Waals surface area contributed by atoms with E-state index in [2.05, 4.69) is 13.5 Å². The third kappa shape index (κ3) is 2.60. The Kier molecular flexibility index (Phi) is 4.36. The van der Waals surface area contributed by atoms with Crippen LogP contribution < -0.4 is 0 Å². The lowest BCUT2D eigenvalue weighted by Crippen LogP contribution is -2.51. The summed E-state index contributed by atoms with van der Waals surface area (Å²) in [5.41, 5.74) is 1.44. The van der Waals surface area contributed by atoms with Crippen molar-refractivity contribution < 1.29 is 9.84 Å². The van der Waals surface area contributed by atoms with Crippen molar-refractivity contribution >= 4 is 0 Å². The third-order valence-corrected chi connectivity index (χ3v) is 8.63. The first-order valence-corrected chi connectivity index (χ1v) is 10.5. The molecule has 136 valence electrons. The second-order valence-electron chi connectivity index (χ2n) is 9.64. The van der Waals surface area contributed by atoms with Crippen molar-refractivity contribution in [2.75, 3.05) is 13.2 Å². The number of ether oxygens (including phenoxy) is 1. The van der Waals surface area contributed by atoms with Gasteiger partial charge in [-0.15, -0.1) is 0 Å². The van der Waals surface area contributed by atoms with Gasteiger partial charge in [0.15, 0.2) is 0 Å². The van der Waals surface area contributed by atoms with Gasteiger partial charge < -0.3 is 9.84 Å². The molecule has 0 bridgehead atoms. The summed E-state index contributed by atoms with van der Waals surface area (Å²) in [5, 5.41) is 10.9. The molecule has 0 spiro atoms. The molecular formula is C22H36O2. The van der Waals surface area contributed by atoms with Crippen molar-refractivity contribution in [2.24, 2.45) is 35.0 Å². The maximum atomic E-state index is 10.9. The summed E-state index contributed by atoms with van der Waals surface area (Å²) in [6.07, 6.45) is 11.3. The highest BCUT2D eigenvalue weighted by Gasteiger charge is 2.55. The van der Waals surface area contributed by atoms with Crippen molar-refractivity contribution in [2.45, 2.75) is 77.2 Å². The van der Waals surface area contributed by atoms with Crippen LogP contribution in [0.4, 0.5) is 0 Å². The summed E-state index contributed by atoms with van der Waals surface area (Å²) in [4.78, 5) is 0. The molecule has 4 rings (SSSR count). The highest BCUT2D eigenvalue weighted by molar-refractivity contribution is 5.20. The summed E-state index contributed by atoms with van der Waals surface area (Å²) in [7, 11) is 0. The SMILES string of the molecule is C=C1CC[C@H]2[C@@H]3CC[C@@H]4C[C@@](O)(COCC)CC[C@@H]4[C@H]3CC[C@]12C. The van der Waals surface area contributed by atoms with E-state index < -0.39 is 5.60 Å². The van der Waals surface area contributed by atoms with E-state index in [1.807, 2.05) is 6.92 Å². The van der Waals surface area contributed by atoms with Crippen molar-refractivity contribution in [3.05, 3.63) is 12.2 Å². The Labute approximate surface area is 148 Å². The number of aliphatic hydroxyl groups is 1. The summed E-state index contributed by atoms with van der Waals surface area (Å²) in [6.45, 7) is 10.2. The number of hydrogen-bond acceptors (Lipinski definition) is 2. The molecule has 0 unspecified atom stereocenters. The molecule has 0 radical (unpaired) electrons. The molecule has 4 saturated carbocycles. The standard InChI is InChI=1S/C22H36O2/c1-4-24-14-22(23)12-10-17-16(13-22)6-7-19-18(17)9-11-21(3)15(2)5-8-20(19)21/h16-20,23H,2,4-14H2,1,3H3/t16-,17+,18-,19-,20+,21-,22-/m1/s1. The van der Waals surface area contributed by atoms with E-state index in [1.54, 1.807) is 5.57 Å². The van der Waals surface area contributed by atoms with E-state index in [0.717, 1.165) is 42.4 Å².